The molecule has 0 radical (unpaired) electrons. The molecular formula is C23H35N3O3. The van der Waals surface area contributed by atoms with E-state index < -0.39 is 0 Å². The van der Waals surface area contributed by atoms with Gasteiger partial charge in [-0.15, -0.1) is 0 Å². The van der Waals surface area contributed by atoms with Crippen molar-refractivity contribution < 1.29 is 9.47 Å². The van der Waals surface area contributed by atoms with Crippen LogP contribution in [0.5, 0.6) is 5.75 Å². The molecule has 2 heterocycles. The fourth-order valence-electron chi connectivity index (χ4n) is 5.32. The monoisotopic (exact) mass is 401 g/mol. The first kappa shape index (κ1) is 20.5. The number of ether oxygens (including phenoxy) is 2. The van der Waals surface area contributed by atoms with Crippen LogP contribution in [0.25, 0.3) is 11.0 Å². The van der Waals surface area contributed by atoms with Crippen LogP contribution in [0.3, 0.4) is 0 Å². The molecule has 0 atom stereocenters. The van der Waals surface area contributed by atoms with Crippen molar-refractivity contribution in [2.45, 2.75) is 77.0 Å². The van der Waals surface area contributed by atoms with E-state index in [0.717, 1.165) is 62.2 Å². The molecule has 2 aromatic rings. The molecule has 1 aromatic heterocycles. The lowest BCUT2D eigenvalue weighted by molar-refractivity contribution is -0.0273. The maximum absolute atomic E-state index is 12.7. The van der Waals surface area contributed by atoms with Crippen LogP contribution >= 0.6 is 0 Å². The van der Waals surface area contributed by atoms with Crippen molar-refractivity contribution in [3.05, 3.63) is 28.7 Å². The second-order valence-corrected chi connectivity index (χ2v) is 8.78. The van der Waals surface area contributed by atoms with Crippen molar-refractivity contribution in [1.29, 1.82) is 0 Å². The lowest BCUT2D eigenvalue weighted by atomic mass is 9.79. The first-order valence-electron chi connectivity index (χ1n) is 11.3. The molecule has 6 nitrogen and oxygen atoms in total. The number of aromatic nitrogens is 2. The van der Waals surface area contributed by atoms with E-state index in [-0.39, 0.29) is 17.3 Å². The highest BCUT2D eigenvalue weighted by molar-refractivity contribution is 5.77. The molecule has 1 aromatic carbocycles. The van der Waals surface area contributed by atoms with E-state index >= 15 is 0 Å². The molecule has 2 aliphatic rings. The van der Waals surface area contributed by atoms with Gasteiger partial charge in [0.1, 0.15) is 5.75 Å². The Hall–Kier alpha value is -1.79. The van der Waals surface area contributed by atoms with Gasteiger partial charge in [0.25, 0.3) is 0 Å². The van der Waals surface area contributed by atoms with E-state index in [1.54, 1.807) is 0 Å². The zero-order valence-corrected chi connectivity index (χ0v) is 18.1. The Labute approximate surface area is 173 Å². The van der Waals surface area contributed by atoms with Crippen molar-refractivity contribution in [2.24, 2.45) is 0 Å². The third-order valence-corrected chi connectivity index (χ3v) is 7.01. The minimum Gasteiger partial charge on any atom is -0.494 e. The fraction of sp³-hybridized carbons (Fsp3) is 0.696. The average Bonchev–Trinajstić information content (AvgIpc) is 3.05. The van der Waals surface area contributed by atoms with Gasteiger partial charge in [0.05, 0.1) is 23.7 Å². The van der Waals surface area contributed by atoms with Crippen LogP contribution in [-0.4, -0.2) is 52.4 Å². The number of aromatic amines is 1. The van der Waals surface area contributed by atoms with Crippen LogP contribution in [-0.2, 0) is 4.74 Å². The quantitative estimate of drug-likeness (QED) is 0.792. The van der Waals surface area contributed by atoms with Gasteiger partial charge in [0.2, 0.25) is 0 Å². The second kappa shape index (κ2) is 8.52. The summed E-state index contributed by atoms with van der Waals surface area (Å²) in [5.74, 6) is 0.823. The van der Waals surface area contributed by atoms with Crippen LogP contribution in [0.15, 0.2) is 23.0 Å². The Morgan fingerprint density at radius 1 is 1.10 bits per heavy atom. The Morgan fingerprint density at radius 2 is 1.83 bits per heavy atom. The SMILES string of the molecule is CCOc1ccc2[nH]c(=O)n(C3CCN([C@]4(C)CC[C@@H](OCC)CC4)CC3)c2c1. The number of benzene rings is 1. The van der Waals surface area contributed by atoms with Gasteiger partial charge in [-0.3, -0.25) is 9.47 Å². The first-order chi connectivity index (χ1) is 14.0. The molecule has 4 rings (SSSR count). The number of H-pyrrole nitrogens is 1. The molecule has 29 heavy (non-hydrogen) atoms. The highest BCUT2D eigenvalue weighted by Gasteiger charge is 2.38. The number of rotatable bonds is 6. The molecule has 1 saturated carbocycles. The summed E-state index contributed by atoms with van der Waals surface area (Å²) >= 11 is 0. The highest BCUT2D eigenvalue weighted by Crippen LogP contribution is 2.38. The maximum atomic E-state index is 12.7. The Kier molecular flexibility index (Phi) is 6.02. The highest BCUT2D eigenvalue weighted by atomic mass is 16.5. The predicted octanol–water partition coefficient (Wildman–Crippen LogP) is 4.10. The van der Waals surface area contributed by atoms with E-state index in [1.165, 1.54) is 12.8 Å². The number of hydrogen-bond donors (Lipinski definition) is 1. The zero-order valence-electron chi connectivity index (χ0n) is 18.1. The summed E-state index contributed by atoms with van der Waals surface area (Å²) in [4.78, 5) is 18.4. The minimum atomic E-state index is -0.00414. The number of piperidine rings is 1. The molecule has 1 saturated heterocycles. The molecule has 0 amide bonds. The zero-order chi connectivity index (χ0) is 20.4. The molecule has 0 unspecified atom stereocenters. The number of nitrogens with zero attached hydrogens (tertiary/aromatic N) is 2. The average molecular weight is 402 g/mol. The lowest BCUT2D eigenvalue weighted by Gasteiger charge is -2.48. The van der Waals surface area contributed by atoms with Crippen LogP contribution in [0.4, 0.5) is 0 Å². The van der Waals surface area contributed by atoms with Crippen LogP contribution in [0.2, 0.25) is 0 Å². The Morgan fingerprint density at radius 3 is 2.48 bits per heavy atom. The van der Waals surface area contributed by atoms with Crippen molar-refractivity contribution in [2.75, 3.05) is 26.3 Å². The largest absolute Gasteiger partial charge is 0.494 e. The van der Waals surface area contributed by atoms with Crippen molar-refractivity contribution >= 4 is 11.0 Å². The molecule has 1 N–H and O–H groups in total. The van der Waals surface area contributed by atoms with E-state index in [2.05, 4.69) is 23.7 Å². The van der Waals surface area contributed by atoms with E-state index in [1.807, 2.05) is 29.7 Å². The van der Waals surface area contributed by atoms with Crippen LogP contribution in [0, 0.1) is 0 Å². The molecule has 1 aliphatic heterocycles. The molecule has 0 bridgehead atoms. The first-order valence-corrected chi connectivity index (χ1v) is 11.3. The predicted molar refractivity (Wildman–Crippen MR) is 116 cm³/mol. The third kappa shape index (κ3) is 4.10. The molecule has 1 aliphatic carbocycles. The summed E-state index contributed by atoms with van der Waals surface area (Å²) in [6.45, 7) is 10.0. The number of likely N-dealkylation sites (tertiary alicyclic amines) is 1. The number of hydrogen-bond acceptors (Lipinski definition) is 4. The van der Waals surface area contributed by atoms with Gasteiger partial charge in [0.15, 0.2) is 0 Å². The summed E-state index contributed by atoms with van der Waals surface area (Å²) in [5.41, 5.74) is 2.12. The number of nitrogens with one attached hydrogen (secondary N) is 1. The second-order valence-electron chi connectivity index (χ2n) is 8.78. The lowest BCUT2D eigenvalue weighted by Crippen LogP contribution is -2.53. The molecule has 160 valence electrons. The van der Waals surface area contributed by atoms with E-state index in [0.29, 0.717) is 12.7 Å². The summed E-state index contributed by atoms with van der Waals surface area (Å²) in [5, 5.41) is 0. The standard InChI is InChI=1S/C23H35N3O3/c1-4-28-18-8-12-23(3,13-9-18)25-14-10-17(11-15-25)26-21-16-19(29-5-2)6-7-20(21)24-22(26)27/h6-7,16-18H,4-5,8-15H2,1-3H3,(H,24,27)/t18-,23-. The fourth-order valence-corrected chi connectivity index (χ4v) is 5.32. The normalized spacial score (nSPS) is 26.8. The maximum Gasteiger partial charge on any atom is 0.326 e. The van der Waals surface area contributed by atoms with Gasteiger partial charge in [-0.25, -0.2) is 4.79 Å². The van der Waals surface area contributed by atoms with Crippen LogP contribution < -0.4 is 10.4 Å². The summed E-state index contributed by atoms with van der Waals surface area (Å²) in [7, 11) is 0. The summed E-state index contributed by atoms with van der Waals surface area (Å²) < 4.78 is 13.5. The number of fused-ring (bicyclic) bond motifs is 1. The summed E-state index contributed by atoms with van der Waals surface area (Å²) in [6, 6.07) is 6.12. The van der Waals surface area contributed by atoms with Crippen molar-refractivity contribution in [1.82, 2.24) is 14.5 Å². The van der Waals surface area contributed by atoms with Crippen LogP contribution in [0.1, 0.15) is 65.3 Å². The van der Waals surface area contributed by atoms with Crippen molar-refractivity contribution in [3.8, 4) is 5.75 Å². The number of imidazole rings is 1. The molecule has 2 fully saturated rings. The van der Waals surface area contributed by atoms with Gasteiger partial charge in [-0.1, -0.05) is 0 Å². The summed E-state index contributed by atoms with van der Waals surface area (Å²) in [6.07, 6.45) is 7.18. The minimum absolute atomic E-state index is 0.00414. The molecule has 6 heteroatoms. The Bertz CT molecular complexity index is 871. The molecule has 0 spiro atoms. The van der Waals surface area contributed by atoms with Gasteiger partial charge in [-0.2, -0.15) is 0 Å². The van der Waals surface area contributed by atoms with Gasteiger partial charge in [-0.05, 0) is 71.4 Å². The third-order valence-electron chi connectivity index (χ3n) is 7.01. The van der Waals surface area contributed by atoms with E-state index in [9.17, 15) is 4.79 Å². The van der Waals surface area contributed by atoms with Gasteiger partial charge in [0, 0.05) is 37.3 Å². The topological polar surface area (TPSA) is 59.5 Å². The Balaban J connectivity index is 1.45. The molecular weight excluding hydrogens is 366 g/mol. The smallest absolute Gasteiger partial charge is 0.326 e. The van der Waals surface area contributed by atoms with Gasteiger partial charge < -0.3 is 14.5 Å². The van der Waals surface area contributed by atoms with Crippen molar-refractivity contribution in [3.63, 3.8) is 0 Å². The van der Waals surface area contributed by atoms with E-state index in [4.69, 9.17) is 9.47 Å². The van der Waals surface area contributed by atoms with Gasteiger partial charge >= 0.3 is 5.69 Å².